The predicted octanol–water partition coefficient (Wildman–Crippen LogP) is 3.55. The van der Waals surface area contributed by atoms with Gasteiger partial charge in [0.25, 0.3) is 0 Å². The SMILES string of the molecule is CCCNCC(Cc1ccc(F)cc1)CC1CCCO1. The van der Waals surface area contributed by atoms with Gasteiger partial charge in [-0.3, -0.25) is 0 Å². The van der Waals surface area contributed by atoms with Crippen molar-refractivity contribution >= 4 is 0 Å². The van der Waals surface area contributed by atoms with Crippen LogP contribution in [-0.2, 0) is 11.2 Å². The molecule has 0 aliphatic carbocycles. The third kappa shape index (κ3) is 5.22. The Morgan fingerprint density at radius 1 is 1.35 bits per heavy atom. The fourth-order valence-corrected chi connectivity index (χ4v) is 2.88. The van der Waals surface area contributed by atoms with Gasteiger partial charge in [-0.2, -0.15) is 0 Å². The molecule has 3 heteroatoms. The Bertz CT molecular complexity index is 373. The van der Waals surface area contributed by atoms with E-state index in [1.807, 2.05) is 12.1 Å². The highest BCUT2D eigenvalue weighted by molar-refractivity contribution is 5.16. The van der Waals surface area contributed by atoms with Crippen LogP contribution in [-0.4, -0.2) is 25.8 Å². The fraction of sp³-hybridized carbons (Fsp3) is 0.647. The van der Waals surface area contributed by atoms with E-state index in [1.165, 1.54) is 18.4 Å². The summed E-state index contributed by atoms with van der Waals surface area (Å²) in [5, 5.41) is 3.51. The van der Waals surface area contributed by atoms with Gasteiger partial charge in [0.05, 0.1) is 6.10 Å². The Labute approximate surface area is 121 Å². The number of benzene rings is 1. The second-order valence-electron chi connectivity index (χ2n) is 5.77. The summed E-state index contributed by atoms with van der Waals surface area (Å²) in [7, 11) is 0. The first-order valence-corrected chi connectivity index (χ1v) is 7.84. The molecule has 0 amide bonds. The van der Waals surface area contributed by atoms with E-state index in [0.717, 1.165) is 39.0 Å². The normalized spacial score (nSPS) is 20.2. The molecule has 20 heavy (non-hydrogen) atoms. The van der Waals surface area contributed by atoms with Gasteiger partial charge in [-0.25, -0.2) is 4.39 Å². The first-order valence-electron chi connectivity index (χ1n) is 7.84. The number of hydrogen-bond acceptors (Lipinski definition) is 2. The quantitative estimate of drug-likeness (QED) is 0.735. The predicted molar refractivity (Wildman–Crippen MR) is 80.3 cm³/mol. The monoisotopic (exact) mass is 279 g/mol. The molecule has 0 aromatic heterocycles. The molecule has 2 rings (SSSR count). The molecule has 112 valence electrons. The fourth-order valence-electron chi connectivity index (χ4n) is 2.88. The van der Waals surface area contributed by atoms with Crippen molar-refractivity contribution in [2.24, 2.45) is 5.92 Å². The molecule has 1 saturated heterocycles. The summed E-state index contributed by atoms with van der Waals surface area (Å²) in [6, 6.07) is 6.91. The van der Waals surface area contributed by atoms with Crippen molar-refractivity contribution < 1.29 is 9.13 Å². The van der Waals surface area contributed by atoms with E-state index in [2.05, 4.69) is 12.2 Å². The summed E-state index contributed by atoms with van der Waals surface area (Å²) >= 11 is 0. The molecule has 1 N–H and O–H groups in total. The lowest BCUT2D eigenvalue weighted by molar-refractivity contribution is 0.0893. The summed E-state index contributed by atoms with van der Waals surface area (Å²) in [5.41, 5.74) is 1.22. The maximum absolute atomic E-state index is 13.0. The van der Waals surface area contributed by atoms with Crippen LogP contribution in [0.1, 0.15) is 38.2 Å². The molecule has 1 heterocycles. The molecule has 1 fully saturated rings. The van der Waals surface area contributed by atoms with E-state index in [1.54, 1.807) is 12.1 Å². The maximum atomic E-state index is 13.0. The van der Waals surface area contributed by atoms with Crippen LogP contribution in [0.25, 0.3) is 0 Å². The van der Waals surface area contributed by atoms with Crippen molar-refractivity contribution in [1.82, 2.24) is 5.32 Å². The van der Waals surface area contributed by atoms with Crippen LogP contribution in [0.5, 0.6) is 0 Å². The highest BCUT2D eigenvalue weighted by Crippen LogP contribution is 2.22. The summed E-state index contributed by atoms with van der Waals surface area (Å²) in [6.07, 6.45) is 6.06. The maximum Gasteiger partial charge on any atom is 0.123 e. The average Bonchev–Trinajstić information content (AvgIpc) is 2.94. The lowest BCUT2D eigenvalue weighted by Crippen LogP contribution is -2.28. The molecule has 1 aromatic rings. The number of halogens is 1. The number of ether oxygens (including phenoxy) is 1. The van der Waals surface area contributed by atoms with Gasteiger partial charge in [0.1, 0.15) is 5.82 Å². The van der Waals surface area contributed by atoms with Gasteiger partial charge in [0, 0.05) is 6.61 Å². The molecular formula is C17H26FNO. The molecule has 1 aromatic carbocycles. The summed E-state index contributed by atoms with van der Waals surface area (Å²) in [5.74, 6) is 0.406. The third-order valence-electron chi connectivity index (χ3n) is 3.92. The minimum absolute atomic E-state index is 0.159. The van der Waals surface area contributed by atoms with Crippen LogP contribution in [0, 0.1) is 11.7 Å². The molecule has 2 unspecified atom stereocenters. The van der Waals surface area contributed by atoms with Crippen LogP contribution in [0.15, 0.2) is 24.3 Å². The van der Waals surface area contributed by atoms with Crippen LogP contribution < -0.4 is 5.32 Å². The smallest absolute Gasteiger partial charge is 0.123 e. The minimum Gasteiger partial charge on any atom is -0.378 e. The van der Waals surface area contributed by atoms with Gasteiger partial charge in [-0.15, -0.1) is 0 Å². The van der Waals surface area contributed by atoms with Crippen molar-refractivity contribution in [3.63, 3.8) is 0 Å². The summed E-state index contributed by atoms with van der Waals surface area (Å²) in [6.45, 7) is 5.18. The second-order valence-corrected chi connectivity index (χ2v) is 5.77. The van der Waals surface area contributed by atoms with Crippen molar-refractivity contribution in [1.29, 1.82) is 0 Å². The topological polar surface area (TPSA) is 21.3 Å². The van der Waals surface area contributed by atoms with Crippen molar-refractivity contribution in [3.8, 4) is 0 Å². The molecule has 1 aliphatic rings. The van der Waals surface area contributed by atoms with Gasteiger partial charge in [-0.1, -0.05) is 19.1 Å². The standard InChI is InChI=1S/C17H26FNO/c1-2-9-19-13-15(12-17-4-3-10-20-17)11-14-5-7-16(18)8-6-14/h5-8,15,17,19H,2-4,9-13H2,1H3. The lowest BCUT2D eigenvalue weighted by atomic mass is 9.92. The van der Waals surface area contributed by atoms with E-state index < -0.39 is 0 Å². The number of hydrogen-bond donors (Lipinski definition) is 1. The van der Waals surface area contributed by atoms with Gasteiger partial charge in [0.2, 0.25) is 0 Å². The van der Waals surface area contributed by atoms with E-state index in [4.69, 9.17) is 4.74 Å². The van der Waals surface area contributed by atoms with Gasteiger partial charge >= 0.3 is 0 Å². The van der Waals surface area contributed by atoms with Crippen LogP contribution in [0.3, 0.4) is 0 Å². The van der Waals surface area contributed by atoms with Crippen molar-refractivity contribution in [2.45, 2.75) is 45.1 Å². The van der Waals surface area contributed by atoms with Gasteiger partial charge < -0.3 is 10.1 Å². The zero-order valence-corrected chi connectivity index (χ0v) is 12.4. The Morgan fingerprint density at radius 3 is 2.80 bits per heavy atom. The van der Waals surface area contributed by atoms with Crippen LogP contribution in [0.4, 0.5) is 4.39 Å². The van der Waals surface area contributed by atoms with Gasteiger partial charge in [-0.05, 0) is 68.8 Å². The van der Waals surface area contributed by atoms with Crippen LogP contribution in [0.2, 0.25) is 0 Å². The average molecular weight is 279 g/mol. The number of nitrogens with one attached hydrogen (secondary N) is 1. The molecule has 0 saturated carbocycles. The molecular weight excluding hydrogens is 253 g/mol. The van der Waals surface area contributed by atoms with E-state index in [0.29, 0.717) is 12.0 Å². The lowest BCUT2D eigenvalue weighted by Gasteiger charge is -2.21. The Kier molecular flexibility index (Phi) is 6.48. The zero-order chi connectivity index (χ0) is 14.2. The second kappa shape index (κ2) is 8.38. The Morgan fingerprint density at radius 2 is 2.15 bits per heavy atom. The van der Waals surface area contributed by atoms with Crippen LogP contribution >= 0.6 is 0 Å². The van der Waals surface area contributed by atoms with Crippen molar-refractivity contribution in [2.75, 3.05) is 19.7 Å². The highest BCUT2D eigenvalue weighted by Gasteiger charge is 2.21. The summed E-state index contributed by atoms with van der Waals surface area (Å²) < 4.78 is 18.7. The largest absolute Gasteiger partial charge is 0.378 e. The molecule has 0 spiro atoms. The Hall–Kier alpha value is -0.930. The highest BCUT2D eigenvalue weighted by atomic mass is 19.1. The molecule has 0 radical (unpaired) electrons. The van der Waals surface area contributed by atoms with E-state index in [-0.39, 0.29) is 5.82 Å². The van der Waals surface area contributed by atoms with Crippen molar-refractivity contribution in [3.05, 3.63) is 35.6 Å². The molecule has 0 bridgehead atoms. The third-order valence-corrected chi connectivity index (χ3v) is 3.92. The molecule has 2 nitrogen and oxygen atoms in total. The van der Waals surface area contributed by atoms with E-state index in [9.17, 15) is 4.39 Å². The Balaban J connectivity index is 1.88. The molecule has 1 aliphatic heterocycles. The minimum atomic E-state index is -0.159. The first-order chi connectivity index (χ1) is 9.78. The first kappa shape index (κ1) is 15.5. The number of rotatable bonds is 8. The van der Waals surface area contributed by atoms with Gasteiger partial charge in [0.15, 0.2) is 0 Å². The summed E-state index contributed by atoms with van der Waals surface area (Å²) in [4.78, 5) is 0. The zero-order valence-electron chi connectivity index (χ0n) is 12.4. The van der Waals surface area contributed by atoms with E-state index >= 15 is 0 Å². The molecule has 2 atom stereocenters.